The van der Waals surface area contributed by atoms with Gasteiger partial charge in [0, 0.05) is 26.7 Å². The first-order valence-corrected chi connectivity index (χ1v) is 7.78. The third-order valence-corrected chi connectivity index (χ3v) is 3.98. The van der Waals surface area contributed by atoms with E-state index in [0.29, 0.717) is 11.6 Å². The predicted octanol–water partition coefficient (Wildman–Crippen LogP) is 2.01. The average molecular weight is 315 g/mol. The lowest BCUT2D eigenvalue weighted by atomic mass is 10.2. The van der Waals surface area contributed by atoms with Crippen LogP contribution in [0.2, 0.25) is 0 Å². The van der Waals surface area contributed by atoms with Crippen LogP contribution in [0, 0.1) is 5.92 Å². The van der Waals surface area contributed by atoms with Crippen molar-refractivity contribution in [3.63, 3.8) is 0 Å². The van der Waals surface area contributed by atoms with Crippen molar-refractivity contribution in [2.75, 3.05) is 45.7 Å². The molecule has 21 heavy (non-hydrogen) atoms. The lowest BCUT2D eigenvalue weighted by Gasteiger charge is -2.25. The molecule has 1 heterocycles. The minimum absolute atomic E-state index is 0.224. The van der Waals surface area contributed by atoms with Gasteiger partial charge in [0.1, 0.15) is 4.88 Å². The summed E-state index contributed by atoms with van der Waals surface area (Å²) in [5.41, 5.74) is 0.503. The first-order chi connectivity index (χ1) is 9.85. The van der Waals surface area contributed by atoms with Crippen molar-refractivity contribution in [2.45, 2.75) is 20.5 Å². The van der Waals surface area contributed by atoms with Crippen LogP contribution in [0.3, 0.4) is 0 Å². The number of methoxy groups -OCH3 is 1. The van der Waals surface area contributed by atoms with E-state index in [9.17, 15) is 9.90 Å². The molecule has 6 nitrogen and oxygen atoms in total. The van der Waals surface area contributed by atoms with Crippen molar-refractivity contribution in [1.29, 1.82) is 0 Å². The summed E-state index contributed by atoms with van der Waals surface area (Å²) < 4.78 is 5.05. The molecule has 1 rings (SSSR count). The monoisotopic (exact) mass is 315 g/mol. The quantitative estimate of drug-likeness (QED) is 0.752. The molecular weight excluding hydrogens is 290 g/mol. The highest BCUT2D eigenvalue weighted by atomic mass is 32.1. The number of nitrogens with zero attached hydrogens (tertiary/aromatic N) is 3. The van der Waals surface area contributed by atoms with Crippen LogP contribution >= 0.6 is 11.3 Å². The standard InChI is InChI=1S/C14H25N3O3S/c1-10(2)8-17(7-6-16(3)4)14-15-11(9-20-5)12(21-14)13(18)19/h10H,6-9H2,1-5H3,(H,18,19). The van der Waals surface area contributed by atoms with Crippen molar-refractivity contribution in [3.8, 4) is 0 Å². The minimum atomic E-state index is -0.942. The van der Waals surface area contributed by atoms with E-state index in [1.165, 1.54) is 11.3 Å². The van der Waals surface area contributed by atoms with Crippen LogP contribution in [-0.4, -0.2) is 61.8 Å². The maximum Gasteiger partial charge on any atom is 0.347 e. The van der Waals surface area contributed by atoms with Crippen molar-refractivity contribution in [3.05, 3.63) is 10.6 Å². The molecule has 7 heteroatoms. The molecule has 0 aliphatic carbocycles. The zero-order valence-electron chi connectivity index (χ0n) is 13.4. The number of rotatable bonds is 9. The fraction of sp³-hybridized carbons (Fsp3) is 0.714. The van der Waals surface area contributed by atoms with E-state index in [4.69, 9.17) is 4.74 Å². The van der Waals surface area contributed by atoms with E-state index in [1.54, 1.807) is 7.11 Å². The number of hydrogen-bond acceptors (Lipinski definition) is 6. The summed E-state index contributed by atoms with van der Waals surface area (Å²) in [6, 6.07) is 0. The van der Waals surface area contributed by atoms with Gasteiger partial charge in [0.15, 0.2) is 5.13 Å². The number of carboxylic acids is 1. The Hall–Kier alpha value is -1.18. The summed E-state index contributed by atoms with van der Waals surface area (Å²) in [5, 5.41) is 10.0. The van der Waals surface area contributed by atoms with E-state index < -0.39 is 5.97 Å². The number of aromatic nitrogens is 1. The SMILES string of the molecule is COCc1nc(N(CCN(C)C)CC(C)C)sc1C(=O)O. The molecule has 0 aliphatic heterocycles. The van der Waals surface area contributed by atoms with Crippen LogP contribution in [0.5, 0.6) is 0 Å². The predicted molar refractivity (Wildman–Crippen MR) is 85.4 cm³/mol. The van der Waals surface area contributed by atoms with E-state index in [0.717, 1.165) is 24.8 Å². The van der Waals surface area contributed by atoms with Gasteiger partial charge in [-0.05, 0) is 20.0 Å². The van der Waals surface area contributed by atoms with Gasteiger partial charge in [0.05, 0.1) is 12.3 Å². The molecule has 120 valence electrons. The van der Waals surface area contributed by atoms with E-state index in [-0.39, 0.29) is 11.5 Å². The van der Waals surface area contributed by atoms with Gasteiger partial charge in [0.2, 0.25) is 0 Å². The molecule has 0 aromatic carbocycles. The third kappa shape index (κ3) is 5.61. The summed E-state index contributed by atoms with van der Waals surface area (Å²) in [6.45, 7) is 7.08. The summed E-state index contributed by atoms with van der Waals surface area (Å²) in [4.78, 5) is 20.3. The van der Waals surface area contributed by atoms with Gasteiger partial charge in [-0.3, -0.25) is 0 Å². The Bertz CT molecular complexity index is 460. The highest BCUT2D eigenvalue weighted by molar-refractivity contribution is 7.17. The number of aromatic carboxylic acids is 1. The summed E-state index contributed by atoms with van der Waals surface area (Å²) >= 11 is 1.23. The van der Waals surface area contributed by atoms with Gasteiger partial charge in [-0.2, -0.15) is 0 Å². The van der Waals surface area contributed by atoms with E-state index in [1.807, 2.05) is 14.1 Å². The maximum atomic E-state index is 11.3. The Morgan fingerprint density at radius 3 is 2.52 bits per heavy atom. The lowest BCUT2D eigenvalue weighted by molar-refractivity contribution is 0.0697. The molecule has 0 amide bonds. The molecule has 0 fully saturated rings. The molecule has 0 unspecified atom stereocenters. The Labute approximate surface area is 130 Å². The van der Waals surface area contributed by atoms with Gasteiger partial charge in [-0.25, -0.2) is 9.78 Å². The number of carboxylic acid groups (broad SMARTS) is 1. The van der Waals surface area contributed by atoms with Gasteiger partial charge >= 0.3 is 5.97 Å². The van der Waals surface area contributed by atoms with Crippen LogP contribution in [0.1, 0.15) is 29.2 Å². The first kappa shape index (κ1) is 17.9. The third-order valence-electron chi connectivity index (χ3n) is 2.83. The molecule has 0 aliphatic rings. The van der Waals surface area contributed by atoms with Gasteiger partial charge in [-0.15, -0.1) is 0 Å². The van der Waals surface area contributed by atoms with Crippen molar-refractivity contribution in [2.24, 2.45) is 5.92 Å². The minimum Gasteiger partial charge on any atom is -0.477 e. The number of likely N-dealkylation sites (N-methyl/N-ethyl adjacent to an activating group) is 1. The highest BCUT2D eigenvalue weighted by Gasteiger charge is 2.21. The average Bonchev–Trinajstić information content (AvgIpc) is 2.78. The fourth-order valence-electron chi connectivity index (χ4n) is 1.90. The Morgan fingerprint density at radius 2 is 2.05 bits per heavy atom. The molecular formula is C14H25N3O3S. The van der Waals surface area contributed by atoms with E-state index in [2.05, 4.69) is 28.6 Å². The Kier molecular flexibility index (Phi) is 7.07. The zero-order chi connectivity index (χ0) is 16.0. The number of carbonyl (C=O) groups is 1. The van der Waals surface area contributed by atoms with Crippen LogP contribution in [-0.2, 0) is 11.3 Å². The molecule has 0 saturated heterocycles. The molecule has 1 N–H and O–H groups in total. The lowest BCUT2D eigenvalue weighted by Crippen LogP contribution is -2.34. The van der Waals surface area contributed by atoms with E-state index >= 15 is 0 Å². The number of anilines is 1. The van der Waals surface area contributed by atoms with Gasteiger partial charge in [-0.1, -0.05) is 25.2 Å². The second-order valence-electron chi connectivity index (χ2n) is 5.65. The van der Waals surface area contributed by atoms with Crippen molar-refractivity contribution >= 4 is 22.4 Å². The first-order valence-electron chi connectivity index (χ1n) is 6.96. The summed E-state index contributed by atoms with van der Waals surface area (Å²) in [5.74, 6) is -0.460. The van der Waals surface area contributed by atoms with Crippen LogP contribution in [0.15, 0.2) is 0 Å². The van der Waals surface area contributed by atoms with Crippen LogP contribution in [0.25, 0.3) is 0 Å². The molecule has 0 saturated carbocycles. The maximum absolute atomic E-state index is 11.3. The normalized spacial score (nSPS) is 11.4. The molecule has 0 spiro atoms. The summed E-state index contributed by atoms with van der Waals surface area (Å²) in [6.07, 6.45) is 0. The number of hydrogen-bond donors (Lipinski definition) is 1. The van der Waals surface area contributed by atoms with Crippen LogP contribution < -0.4 is 4.90 Å². The molecule has 0 atom stereocenters. The second-order valence-corrected chi connectivity index (χ2v) is 6.63. The number of thiazole rings is 1. The van der Waals surface area contributed by atoms with Gasteiger partial charge in [0.25, 0.3) is 0 Å². The number of ether oxygens (including phenoxy) is 1. The summed E-state index contributed by atoms with van der Waals surface area (Å²) in [7, 11) is 5.59. The van der Waals surface area contributed by atoms with Crippen molar-refractivity contribution < 1.29 is 14.6 Å². The molecule has 0 radical (unpaired) electrons. The Balaban J connectivity index is 2.99. The topological polar surface area (TPSA) is 65.9 Å². The molecule has 0 bridgehead atoms. The fourth-order valence-corrected chi connectivity index (χ4v) is 2.85. The largest absolute Gasteiger partial charge is 0.477 e. The molecule has 1 aromatic heterocycles. The van der Waals surface area contributed by atoms with Gasteiger partial charge < -0.3 is 19.6 Å². The second kappa shape index (κ2) is 8.31. The highest BCUT2D eigenvalue weighted by Crippen LogP contribution is 2.27. The van der Waals surface area contributed by atoms with Crippen LogP contribution in [0.4, 0.5) is 5.13 Å². The smallest absolute Gasteiger partial charge is 0.347 e. The molecule has 1 aromatic rings. The Morgan fingerprint density at radius 1 is 1.38 bits per heavy atom. The van der Waals surface area contributed by atoms with Crippen molar-refractivity contribution in [1.82, 2.24) is 9.88 Å². The zero-order valence-corrected chi connectivity index (χ0v) is 14.2.